The van der Waals surface area contributed by atoms with Crippen LogP contribution in [0.5, 0.6) is 0 Å². The molecular weight excluding hydrogens is 352 g/mol. The number of allylic oxidation sites excluding steroid dienone is 4. The average Bonchev–Trinajstić information content (AvgIpc) is 3.15. The quantitative estimate of drug-likeness (QED) is 0.505. The Morgan fingerprint density at radius 3 is 1.90 bits per heavy atom. The van der Waals surface area contributed by atoms with Crippen molar-refractivity contribution in [1.29, 1.82) is 0 Å². The number of hydrogen-bond acceptors (Lipinski definition) is 2. The second-order valence-corrected chi connectivity index (χ2v) is 10.2. The van der Waals surface area contributed by atoms with E-state index in [0.29, 0.717) is 29.6 Å². The maximum absolute atomic E-state index is 2.70. The fourth-order valence-electron chi connectivity index (χ4n) is 5.09. The molecule has 1 aliphatic heterocycles. The Balaban J connectivity index is 1.99. The third kappa shape index (κ3) is 4.42. The van der Waals surface area contributed by atoms with Crippen LogP contribution in [0.4, 0.5) is 5.69 Å². The third-order valence-electron chi connectivity index (χ3n) is 6.74. The second-order valence-electron chi connectivity index (χ2n) is 10.2. The van der Waals surface area contributed by atoms with Crippen LogP contribution in [0.15, 0.2) is 41.6 Å². The summed E-state index contributed by atoms with van der Waals surface area (Å²) in [6.45, 7) is 22.1. The van der Waals surface area contributed by atoms with Gasteiger partial charge in [0.1, 0.15) is 0 Å². The van der Waals surface area contributed by atoms with E-state index in [1.807, 2.05) is 0 Å². The van der Waals surface area contributed by atoms with Gasteiger partial charge in [0.15, 0.2) is 0 Å². The van der Waals surface area contributed by atoms with Crippen molar-refractivity contribution in [2.45, 2.75) is 73.6 Å². The van der Waals surface area contributed by atoms with E-state index >= 15 is 0 Å². The minimum atomic E-state index is 0.546. The number of nitrogens with zero attached hydrogens (tertiary/aromatic N) is 2. The van der Waals surface area contributed by atoms with Crippen LogP contribution < -0.4 is 4.90 Å². The summed E-state index contributed by atoms with van der Waals surface area (Å²) in [6, 6.07) is 6.93. The van der Waals surface area contributed by atoms with Crippen molar-refractivity contribution in [3.8, 4) is 0 Å². The minimum absolute atomic E-state index is 0.546. The first-order valence-corrected chi connectivity index (χ1v) is 11.8. The predicted octanol–water partition coefficient (Wildman–Crippen LogP) is 7.16. The molecule has 1 saturated heterocycles. The van der Waals surface area contributed by atoms with Gasteiger partial charge in [0.05, 0.1) is 6.67 Å². The molecule has 0 N–H and O–H groups in total. The normalized spacial score (nSPS) is 20.3. The van der Waals surface area contributed by atoms with Crippen molar-refractivity contribution in [1.82, 2.24) is 4.90 Å². The molecular formula is C27H42N2. The molecule has 0 spiro atoms. The molecule has 1 atom stereocenters. The van der Waals surface area contributed by atoms with Gasteiger partial charge in [0.25, 0.3) is 0 Å². The summed E-state index contributed by atoms with van der Waals surface area (Å²) >= 11 is 0. The molecule has 2 heteroatoms. The van der Waals surface area contributed by atoms with Crippen molar-refractivity contribution in [2.24, 2.45) is 17.8 Å². The highest BCUT2D eigenvalue weighted by Crippen LogP contribution is 2.40. The zero-order chi connectivity index (χ0) is 21.3. The van der Waals surface area contributed by atoms with E-state index in [0.717, 1.165) is 19.8 Å². The van der Waals surface area contributed by atoms with E-state index in [1.165, 1.54) is 23.2 Å². The van der Waals surface area contributed by atoms with Crippen molar-refractivity contribution >= 4 is 5.69 Å². The fraction of sp³-hybridized carbons (Fsp3) is 0.630. The first-order valence-electron chi connectivity index (χ1n) is 11.8. The van der Waals surface area contributed by atoms with Gasteiger partial charge in [-0.1, -0.05) is 85.7 Å². The van der Waals surface area contributed by atoms with Crippen molar-refractivity contribution in [2.75, 3.05) is 24.7 Å². The van der Waals surface area contributed by atoms with E-state index in [4.69, 9.17) is 0 Å². The lowest BCUT2D eigenvalue weighted by Gasteiger charge is -2.37. The molecule has 1 aromatic carbocycles. The molecule has 0 unspecified atom stereocenters. The van der Waals surface area contributed by atoms with Gasteiger partial charge >= 0.3 is 0 Å². The van der Waals surface area contributed by atoms with E-state index in [2.05, 4.69) is 95.5 Å². The molecule has 2 aliphatic rings. The zero-order valence-corrected chi connectivity index (χ0v) is 20.0. The summed E-state index contributed by atoms with van der Waals surface area (Å²) < 4.78 is 0. The summed E-state index contributed by atoms with van der Waals surface area (Å²) in [5, 5.41) is 0. The number of para-hydroxylation sites is 1. The first-order chi connectivity index (χ1) is 13.7. The number of anilines is 1. The molecule has 0 radical (unpaired) electrons. The summed E-state index contributed by atoms with van der Waals surface area (Å²) in [4.78, 5) is 5.36. The summed E-state index contributed by atoms with van der Waals surface area (Å²) in [5.74, 6) is 2.98. The van der Waals surface area contributed by atoms with Crippen molar-refractivity contribution in [3.63, 3.8) is 0 Å². The molecule has 0 bridgehead atoms. The fourth-order valence-corrected chi connectivity index (χ4v) is 5.09. The smallest absolute Gasteiger partial charge is 0.0902 e. The maximum Gasteiger partial charge on any atom is 0.0902 e. The number of hydrogen-bond donors (Lipinski definition) is 0. The summed E-state index contributed by atoms with van der Waals surface area (Å²) in [6.07, 6.45) is 5.99. The van der Waals surface area contributed by atoms with Gasteiger partial charge in [0.2, 0.25) is 0 Å². The first kappa shape index (κ1) is 22.0. The molecule has 0 amide bonds. The highest BCUT2D eigenvalue weighted by atomic mass is 15.4. The largest absolute Gasteiger partial charge is 0.355 e. The maximum atomic E-state index is 2.70. The standard InChI is InChI=1S/C27H42N2/c1-18(2)22-11-9-12-23(19(3)4)26(22)28-15-16-29(17-28)27-24(20(5)6)13-10-14-25(27)21(7)8/h9-13,18-21,25H,14-17H2,1-8H3/t25-/m1/s1. The van der Waals surface area contributed by atoms with Crippen LogP contribution >= 0.6 is 0 Å². The lowest BCUT2D eigenvalue weighted by molar-refractivity contribution is 0.303. The van der Waals surface area contributed by atoms with Gasteiger partial charge in [-0.3, -0.25) is 0 Å². The predicted molar refractivity (Wildman–Crippen MR) is 127 cm³/mol. The van der Waals surface area contributed by atoms with Gasteiger partial charge in [-0.15, -0.1) is 0 Å². The summed E-state index contributed by atoms with van der Waals surface area (Å²) in [5.41, 5.74) is 7.67. The molecule has 0 aromatic heterocycles. The molecule has 29 heavy (non-hydrogen) atoms. The molecule has 3 rings (SSSR count). The van der Waals surface area contributed by atoms with Crippen LogP contribution in [0.3, 0.4) is 0 Å². The monoisotopic (exact) mass is 394 g/mol. The average molecular weight is 395 g/mol. The van der Waals surface area contributed by atoms with Crippen LogP contribution in [0.2, 0.25) is 0 Å². The van der Waals surface area contributed by atoms with Gasteiger partial charge in [-0.25, -0.2) is 0 Å². The molecule has 0 saturated carbocycles. The molecule has 160 valence electrons. The zero-order valence-electron chi connectivity index (χ0n) is 20.0. The number of benzene rings is 1. The van der Waals surface area contributed by atoms with E-state index in [9.17, 15) is 0 Å². The van der Waals surface area contributed by atoms with Crippen molar-refractivity contribution in [3.05, 3.63) is 52.7 Å². The molecule has 1 fully saturated rings. The Morgan fingerprint density at radius 1 is 0.793 bits per heavy atom. The Labute approximate surface area is 179 Å². The van der Waals surface area contributed by atoms with Gasteiger partial charge in [-0.2, -0.15) is 0 Å². The molecule has 1 heterocycles. The Hall–Kier alpha value is -1.70. The van der Waals surface area contributed by atoms with Crippen LogP contribution in [-0.4, -0.2) is 24.7 Å². The highest BCUT2D eigenvalue weighted by molar-refractivity contribution is 5.62. The van der Waals surface area contributed by atoms with Crippen LogP contribution in [0.25, 0.3) is 0 Å². The SMILES string of the molecule is CC(C)C1=C(N2CCN(c3c(C(C)C)cccc3C(C)C)C2)[C@@H](C(C)C)CC=C1. The number of rotatable bonds is 6. The van der Waals surface area contributed by atoms with Gasteiger partial charge in [0, 0.05) is 30.4 Å². The van der Waals surface area contributed by atoms with Gasteiger partial charge < -0.3 is 9.80 Å². The van der Waals surface area contributed by atoms with Crippen LogP contribution in [-0.2, 0) is 0 Å². The van der Waals surface area contributed by atoms with E-state index in [-0.39, 0.29) is 0 Å². The van der Waals surface area contributed by atoms with Crippen LogP contribution in [0.1, 0.15) is 84.8 Å². The van der Waals surface area contributed by atoms with Crippen LogP contribution in [0, 0.1) is 17.8 Å². The molecule has 1 aromatic rings. The Morgan fingerprint density at radius 2 is 1.38 bits per heavy atom. The van der Waals surface area contributed by atoms with Crippen molar-refractivity contribution < 1.29 is 0 Å². The second kappa shape index (κ2) is 8.98. The topological polar surface area (TPSA) is 6.48 Å². The van der Waals surface area contributed by atoms with E-state index in [1.54, 1.807) is 11.3 Å². The third-order valence-corrected chi connectivity index (χ3v) is 6.74. The minimum Gasteiger partial charge on any atom is -0.355 e. The summed E-state index contributed by atoms with van der Waals surface area (Å²) in [7, 11) is 0. The lowest BCUT2D eigenvalue weighted by Crippen LogP contribution is -2.33. The van der Waals surface area contributed by atoms with Gasteiger partial charge in [-0.05, 0) is 46.8 Å². The Bertz CT molecular complexity index is 740. The lowest BCUT2D eigenvalue weighted by atomic mass is 9.80. The van der Waals surface area contributed by atoms with E-state index < -0.39 is 0 Å². The molecule has 1 aliphatic carbocycles. The highest BCUT2D eigenvalue weighted by Gasteiger charge is 2.33. The Kier molecular flexibility index (Phi) is 6.81. The molecule has 2 nitrogen and oxygen atoms in total.